The summed E-state index contributed by atoms with van der Waals surface area (Å²) >= 11 is 0. The average molecular weight is 403 g/mol. The van der Waals surface area contributed by atoms with Gasteiger partial charge in [-0.25, -0.2) is 4.98 Å². The van der Waals surface area contributed by atoms with Crippen LogP contribution in [0.2, 0.25) is 0 Å². The highest BCUT2D eigenvalue weighted by Crippen LogP contribution is 2.21. The van der Waals surface area contributed by atoms with Crippen molar-refractivity contribution in [1.29, 1.82) is 0 Å². The summed E-state index contributed by atoms with van der Waals surface area (Å²) in [6, 6.07) is 21.3. The van der Waals surface area contributed by atoms with E-state index in [-0.39, 0.29) is 25.0 Å². The lowest BCUT2D eigenvalue weighted by Gasteiger charge is -2.18. The molecule has 6 nitrogen and oxygen atoms in total. The first-order valence-corrected chi connectivity index (χ1v) is 9.72. The van der Waals surface area contributed by atoms with Crippen molar-refractivity contribution in [2.75, 3.05) is 25.5 Å². The predicted molar refractivity (Wildman–Crippen MR) is 116 cm³/mol. The largest absolute Gasteiger partial charge is 0.483 e. The van der Waals surface area contributed by atoms with Crippen molar-refractivity contribution in [2.24, 2.45) is 0 Å². The summed E-state index contributed by atoms with van der Waals surface area (Å²) in [5, 5.41) is 2.69. The van der Waals surface area contributed by atoms with Gasteiger partial charge in [0.05, 0.1) is 6.54 Å². The first-order valence-electron chi connectivity index (χ1n) is 9.72. The van der Waals surface area contributed by atoms with Gasteiger partial charge in [0.15, 0.2) is 6.61 Å². The van der Waals surface area contributed by atoms with E-state index in [1.54, 1.807) is 19.3 Å². The van der Waals surface area contributed by atoms with Crippen LogP contribution in [0.5, 0.6) is 5.75 Å². The molecule has 30 heavy (non-hydrogen) atoms. The Morgan fingerprint density at radius 2 is 1.77 bits per heavy atom. The molecule has 0 saturated heterocycles. The summed E-state index contributed by atoms with van der Waals surface area (Å²) in [5.41, 5.74) is 3.16. The van der Waals surface area contributed by atoms with Crippen LogP contribution in [0, 0.1) is 6.92 Å². The average Bonchev–Trinajstić information content (AvgIpc) is 2.73. The predicted octanol–water partition coefficient (Wildman–Crippen LogP) is 3.46. The van der Waals surface area contributed by atoms with E-state index >= 15 is 0 Å². The van der Waals surface area contributed by atoms with E-state index in [0.29, 0.717) is 18.0 Å². The maximum atomic E-state index is 12.4. The van der Waals surface area contributed by atoms with Gasteiger partial charge in [-0.15, -0.1) is 0 Å². The van der Waals surface area contributed by atoms with Crippen molar-refractivity contribution < 1.29 is 14.3 Å². The van der Waals surface area contributed by atoms with E-state index < -0.39 is 0 Å². The lowest BCUT2D eigenvalue weighted by molar-refractivity contribution is -0.135. The maximum Gasteiger partial charge on any atom is 0.260 e. The Morgan fingerprint density at radius 3 is 2.53 bits per heavy atom. The summed E-state index contributed by atoms with van der Waals surface area (Å²) in [6.07, 6.45) is 2.34. The lowest BCUT2D eigenvalue weighted by Crippen LogP contribution is -2.37. The minimum Gasteiger partial charge on any atom is -0.483 e. The van der Waals surface area contributed by atoms with Gasteiger partial charge in [-0.3, -0.25) is 9.59 Å². The van der Waals surface area contributed by atoms with Crippen LogP contribution in [0.1, 0.15) is 16.7 Å². The summed E-state index contributed by atoms with van der Waals surface area (Å²) in [4.78, 5) is 30.0. The van der Waals surface area contributed by atoms with Crippen LogP contribution in [0.15, 0.2) is 72.9 Å². The van der Waals surface area contributed by atoms with Crippen molar-refractivity contribution in [2.45, 2.75) is 13.3 Å². The van der Waals surface area contributed by atoms with Gasteiger partial charge >= 0.3 is 0 Å². The smallest absolute Gasteiger partial charge is 0.260 e. The molecule has 3 aromatic rings. The number of ether oxygens (including phenoxy) is 1. The fraction of sp³-hybridized carbons (Fsp3) is 0.208. The van der Waals surface area contributed by atoms with E-state index in [9.17, 15) is 9.59 Å². The molecule has 2 amide bonds. The molecular weight excluding hydrogens is 378 g/mol. The van der Waals surface area contributed by atoms with E-state index in [1.165, 1.54) is 10.5 Å². The molecule has 0 aliphatic heterocycles. The van der Waals surface area contributed by atoms with E-state index in [2.05, 4.69) is 22.4 Å². The molecule has 3 rings (SSSR count). The van der Waals surface area contributed by atoms with Crippen molar-refractivity contribution in [3.8, 4) is 5.75 Å². The topological polar surface area (TPSA) is 71.5 Å². The summed E-state index contributed by atoms with van der Waals surface area (Å²) in [5.74, 6) is 0.536. The zero-order valence-electron chi connectivity index (χ0n) is 17.2. The molecule has 1 heterocycles. The quantitative estimate of drug-likeness (QED) is 0.625. The zero-order valence-corrected chi connectivity index (χ0v) is 17.2. The first kappa shape index (κ1) is 21.0. The van der Waals surface area contributed by atoms with Gasteiger partial charge in [-0.1, -0.05) is 48.5 Å². The molecule has 0 atom stereocenters. The molecule has 0 spiro atoms. The van der Waals surface area contributed by atoms with E-state index in [4.69, 9.17) is 4.74 Å². The summed E-state index contributed by atoms with van der Waals surface area (Å²) < 4.78 is 5.77. The normalized spacial score (nSPS) is 10.3. The van der Waals surface area contributed by atoms with E-state index in [1.807, 2.05) is 55.5 Å². The third kappa shape index (κ3) is 6.17. The highest BCUT2D eigenvalue weighted by atomic mass is 16.5. The second-order valence-electron chi connectivity index (χ2n) is 7.08. The number of para-hydroxylation sites is 1. The molecule has 0 fully saturated rings. The number of nitrogens with one attached hydrogen (secondary N) is 1. The molecule has 1 aromatic heterocycles. The number of carbonyl (C=O) groups excluding carboxylic acids is 2. The standard InChI is InChI=1S/C24H25N3O3/c1-18-12-13-25-22(14-18)26-23(28)16-27(2)24(29)17-30-21-11-7-6-10-20(21)15-19-8-4-3-5-9-19/h3-14H,15-17H2,1-2H3,(H,25,26,28). The van der Waals surface area contributed by atoms with Crippen LogP contribution in [0.4, 0.5) is 5.82 Å². The minimum absolute atomic E-state index is 0.0799. The van der Waals surface area contributed by atoms with Crippen LogP contribution in [-0.2, 0) is 16.0 Å². The van der Waals surface area contributed by atoms with Crippen LogP contribution in [0.25, 0.3) is 0 Å². The highest BCUT2D eigenvalue weighted by Gasteiger charge is 2.15. The summed E-state index contributed by atoms with van der Waals surface area (Å²) in [7, 11) is 1.57. The van der Waals surface area contributed by atoms with Crippen LogP contribution >= 0.6 is 0 Å². The number of aryl methyl sites for hydroxylation is 1. The fourth-order valence-corrected chi connectivity index (χ4v) is 2.95. The second-order valence-corrected chi connectivity index (χ2v) is 7.08. The second kappa shape index (κ2) is 10.2. The zero-order chi connectivity index (χ0) is 21.3. The number of benzene rings is 2. The van der Waals surface area contributed by atoms with Crippen molar-refractivity contribution in [1.82, 2.24) is 9.88 Å². The number of nitrogens with zero attached hydrogens (tertiary/aromatic N) is 2. The number of aromatic nitrogens is 1. The van der Waals surface area contributed by atoms with Crippen molar-refractivity contribution in [3.05, 3.63) is 89.6 Å². The SMILES string of the molecule is Cc1ccnc(NC(=O)CN(C)C(=O)COc2ccccc2Cc2ccccc2)c1. The number of rotatable bonds is 8. The van der Waals surface area contributed by atoms with Gasteiger partial charge in [0.1, 0.15) is 11.6 Å². The lowest BCUT2D eigenvalue weighted by atomic mass is 10.0. The molecule has 0 aliphatic carbocycles. The van der Waals surface area contributed by atoms with Gasteiger partial charge in [-0.2, -0.15) is 0 Å². The van der Waals surface area contributed by atoms with Crippen LogP contribution < -0.4 is 10.1 Å². The Balaban J connectivity index is 1.53. The van der Waals surface area contributed by atoms with Gasteiger partial charge in [0, 0.05) is 19.7 Å². The number of anilines is 1. The van der Waals surface area contributed by atoms with E-state index in [0.717, 1.165) is 11.1 Å². The third-order valence-corrected chi connectivity index (χ3v) is 4.55. The molecule has 0 bridgehead atoms. The van der Waals surface area contributed by atoms with Gasteiger partial charge in [-0.05, 0) is 41.8 Å². The molecule has 0 saturated carbocycles. The number of carbonyl (C=O) groups is 2. The Morgan fingerprint density at radius 1 is 1.03 bits per heavy atom. The molecule has 0 aliphatic rings. The van der Waals surface area contributed by atoms with Gasteiger partial charge in [0.2, 0.25) is 5.91 Å². The number of amides is 2. The molecular formula is C24H25N3O3. The monoisotopic (exact) mass is 403 g/mol. The molecule has 154 valence electrons. The summed E-state index contributed by atoms with van der Waals surface area (Å²) in [6.45, 7) is 1.70. The molecule has 2 aromatic carbocycles. The molecule has 1 N–H and O–H groups in total. The molecule has 0 radical (unpaired) electrons. The maximum absolute atomic E-state index is 12.4. The molecule has 6 heteroatoms. The van der Waals surface area contributed by atoms with Gasteiger partial charge in [0.25, 0.3) is 5.91 Å². The number of hydrogen-bond donors (Lipinski definition) is 1. The van der Waals surface area contributed by atoms with Crippen molar-refractivity contribution in [3.63, 3.8) is 0 Å². The third-order valence-electron chi connectivity index (χ3n) is 4.55. The first-order chi connectivity index (χ1) is 14.5. The number of hydrogen-bond acceptors (Lipinski definition) is 4. The molecule has 0 unspecified atom stereocenters. The Hall–Kier alpha value is -3.67. The highest BCUT2D eigenvalue weighted by molar-refractivity contribution is 5.94. The Kier molecular flexibility index (Phi) is 7.16. The van der Waals surface area contributed by atoms with Crippen LogP contribution in [0.3, 0.4) is 0 Å². The minimum atomic E-state index is -0.312. The van der Waals surface area contributed by atoms with Gasteiger partial charge < -0.3 is 15.0 Å². The Bertz CT molecular complexity index is 1010. The van der Waals surface area contributed by atoms with Crippen molar-refractivity contribution >= 4 is 17.6 Å². The Labute approximate surface area is 176 Å². The fourth-order valence-electron chi connectivity index (χ4n) is 2.95. The number of likely N-dealkylation sites (N-methyl/N-ethyl adjacent to an activating group) is 1. The van der Waals surface area contributed by atoms with Crippen LogP contribution in [-0.4, -0.2) is 41.9 Å². The number of pyridine rings is 1.